The average molecular weight is 759 g/mol. The van der Waals surface area contributed by atoms with E-state index in [2.05, 4.69) is 217 Å². The van der Waals surface area contributed by atoms with Crippen molar-refractivity contribution in [2.75, 3.05) is 4.90 Å². The maximum Gasteiger partial charge on any atom is 0.0640 e. The fraction of sp³-hybridized carbons (Fsp3) is 0.0545. The summed E-state index contributed by atoms with van der Waals surface area (Å²) in [5, 5.41) is 7.74. The van der Waals surface area contributed by atoms with E-state index in [1.807, 2.05) is 11.3 Å². The summed E-state index contributed by atoms with van der Waals surface area (Å²) in [7, 11) is 0. The van der Waals surface area contributed by atoms with Crippen molar-refractivity contribution in [1.82, 2.24) is 4.57 Å². The molecule has 0 amide bonds. The molecule has 0 spiro atoms. The third-order valence-corrected chi connectivity index (χ3v) is 13.8. The lowest BCUT2D eigenvalue weighted by atomic mass is 9.82. The molecule has 12 rings (SSSR count). The van der Waals surface area contributed by atoms with Gasteiger partial charge in [0.2, 0.25) is 0 Å². The molecule has 274 valence electrons. The Morgan fingerprint density at radius 2 is 1.05 bits per heavy atom. The minimum atomic E-state index is -0.120. The van der Waals surface area contributed by atoms with Crippen LogP contribution in [0.1, 0.15) is 25.0 Å². The summed E-state index contributed by atoms with van der Waals surface area (Å²) in [6.07, 6.45) is 0. The molecular formula is C55H38N2S. The minimum absolute atomic E-state index is 0.120. The van der Waals surface area contributed by atoms with Crippen LogP contribution in [0.5, 0.6) is 0 Å². The minimum Gasteiger partial charge on any atom is -0.310 e. The maximum atomic E-state index is 2.51. The van der Waals surface area contributed by atoms with Gasteiger partial charge in [0.1, 0.15) is 0 Å². The summed E-state index contributed by atoms with van der Waals surface area (Å²) >= 11 is 1.91. The van der Waals surface area contributed by atoms with Gasteiger partial charge in [0, 0.05) is 64.5 Å². The molecule has 3 heteroatoms. The fourth-order valence-corrected chi connectivity index (χ4v) is 11.1. The zero-order valence-electron chi connectivity index (χ0n) is 32.3. The van der Waals surface area contributed by atoms with Crippen molar-refractivity contribution in [2.45, 2.75) is 19.3 Å². The number of benzene rings is 9. The molecule has 2 heterocycles. The highest BCUT2D eigenvalue weighted by Crippen LogP contribution is 2.52. The van der Waals surface area contributed by atoms with Crippen molar-refractivity contribution in [3.8, 4) is 27.9 Å². The summed E-state index contributed by atoms with van der Waals surface area (Å²) < 4.78 is 5.16. The molecule has 0 unspecified atom stereocenters. The number of hydrogen-bond donors (Lipinski definition) is 0. The highest BCUT2D eigenvalue weighted by molar-refractivity contribution is 7.27. The van der Waals surface area contributed by atoms with Crippen LogP contribution in [0.3, 0.4) is 0 Å². The molecule has 0 saturated heterocycles. The molecule has 2 aromatic heterocycles. The van der Waals surface area contributed by atoms with Crippen molar-refractivity contribution in [3.05, 3.63) is 205 Å². The Morgan fingerprint density at radius 3 is 1.86 bits per heavy atom. The highest BCUT2D eigenvalue weighted by atomic mass is 32.1. The molecule has 0 N–H and O–H groups in total. The van der Waals surface area contributed by atoms with Gasteiger partial charge in [-0.25, -0.2) is 0 Å². The van der Waals surface area contributed by atoms with Crippen LogP contribution >= 0.6 is 11.3 Å². The number of nitrogens with zero attached hydrogens (tertiary/aromatic N) is 2. The largest absolute Gasteiger partial charge is 0.310 e. The Morgan fingerprint density at radius 1 is 0.448 bits per heavy atom. The molecule has 0 fully saturated rings. The molecule has 0 bridgehead atoms. The predicted octanol–water partition coefficient (Wildman–Crippen LogP) is 15.7. The number of thiophene rings is 1. The summed E-state index contributed by atoms with van der Waals surface area (Å²) in [5.74, 6) is 0. The van der Waals surface area contributed by atoms with E-state index in [0.717, 1.165) is 22.7 Å². The van der Waals surface area contributed by atoms with E-state index in [0.29, 0.717) is 0 Å². The van der Waals surface area contributed by atoms with Gasteiger partial charge >= 0.3 is 0 Å². The van der Waals surface area contributed by atoms with Gasteiger partial charge in [0.15, 0.2) is 0 Å². The van der Waals surface area contributed by atoms with E-state index in [1.54, 1.807) is 0 Å². The van der Waals surface area contributed by atoms with Gasteiger partial charge in [0.05, 0.1) is 11.0 Å². The van der Waals surface area contributed by atoms with Crippen LogP contribution in [-0.4, -0.2) is 4.57 Å². The molecule has 1 aliphatic rings. The molecule has 0 saturated carbocycles. The molecular weight excluding hydrogens is 721 g/mol. The standard InChI is InChI=1S/C55H38N2S/c1-55(2)47-23-13-11-19-41(47)42-31-29-40(34-48(42)55)56(38-27-25-36(26-28-38)35-15-5-3-6-16-35)39-30-32-49-46(33-39)51-43-20-9-10-21-44(43)54-52(45-22-12-14-24-50(45)58-54)53(51)57(49)37-17-7-4-8-18-37/h3-34H,1-2H3. The van der Waals surface area contributed by atoms with Crippen molar-refractivity contribution in [1.29, 1.82) is 0 Å². The highest BCUT2D eigenvalue weighted by Gasteiger charge is 2.36. The number of para-hydroxylation sites is 1. The van der Waals surface area contributed by atoms with Crippen LogP contribution in [0.25, 0.3) is 80.7 Å². The lowest BCUT2D eigenvalue weighted by Gasteiger charge is -2.28. The van der Waals surface area contributed by atoms with Crippen LogP contribution in [-0.2, 0) is 5.41 Å². The van der Waals surface area contributed by atoms with Crippen molar-refractivity contribution in [3.63, 3.8) is 0 Å². The van der Waals surface area contributed by atoms with Gasteiger partial charge in [-0.2, -0.15) is 0 Å². The van der Waals surface area contributed by atoms with Crippen LogP contribution in [0.2, 0.25) is 0 Å². The van der Waals surface area contributed by atoms with Crippen LogP contribution < -0.4 is 4.90 Å². The number of rotatable bonds is 5. The van der Waals surface area contributed by atoms with E-state index >= 15 is 0 Å². The zero-order valence-corrected chi connectivity index (χ0v) is 33.1. The smallest absolute Gasteiger partial charge is 0.0640 e. The van der Waals surface area contributed by atoms with E-state index in [9.17, 15) is 0 Å². The lowest BCUT2D eigenvalue weighted by molar-refractivity contribution is 0.660. The first kappa shape index (κ1) is 33.2. The second-order valence-corrected chi connectivity index (χ2v) is 17.1. The molecule has 0 radical (unpaired) electrons. The van der Waals surface area contributed by atoms with Gasteiger partial charge in [-0.15, -0.1) is 11.3 Å². The number of aromatic nitrogens is 1. The summed E-state index contributed by atoms with van der Waals surface area (Å²) in [5.41, 5.74) is 14.7. The normalized spacial score (nSPS) is 13.1. The molecule has 0 aliphatic heterocycles. The zero-order chi connectivity index (χ0) is 38.5. The van der Waals surface area contributed by atoms with Gasteiger partial charge in [-0.1, -0.05) is 147 Å². The van der Waals surface area contributed by atoms with Crippen molar-refractivity contribution < 1.29 is 0 Å². The number of fused-ring (bicyclic) bond motifs is 13. The van der Waals surface area contributed by atoms with E-state index in [-0.39, 0.29) is 5.41 Å². The average Bonchev–Trinajstić information content (AvgIpc) is 3.91. The van der Waals surface area contributed by atoms with Gasteiger partial charge in [-0.3, -0.25) is 0 Å². The first-order chi connectivity index (χ1) is 28.5. The third kappa shape index (κ3) is 4.77. The molecule has 58 heavy (non-hydrogen) atoms. The third-order valence-electron chi connectivity index (χ3n) is 12.6. The van der Waals surface area contributed by atoms with Crippen LogP contribution in [0.4, 0.5) is 17.1 Å². The van der Waals surface area contributed by atoms with Gasteiger partial charge in [0.25, 0.3) is 0 Å². The summed E-state index contributed by atoms with van der Waals surface area (Å²) in [6.45, 7) is 4.73. The van der Waals surface area contributed by atoms with Crippen LogP contribution in [0.15, 0.2) is 194 Å². The Hall–Kier alpha value is -6.94. The van der Waals surface area contributed by atoms with Crippen molar-refractivity contribution >= 4 is 81.1 Å². The predicted molar refractivity (Wildman–Crippen MR) is 249 cm³/mol. The van der Waals surface area contributed by atoms with Gasteiger partial charge < -0.3 is 9.47 Å². The monoisotopic (exact) mass is 758 g/mol. The van der Waals surface area contributed by atoms with Gasteiger partial charge in [-0.05, 0) is 99.4 Å². The Labute approximate surface area is 341 Å². The second-order valence-electron chi connectivity index (χ2n) is 16.1. The molecule has 1 aliphatic carbocycles. The van der Waals surface area contributed by atoms with E-state index in [1.165, 1.54) is 86.1 Å². The van der Waals surface area contributed by atoms with Crippen molar-refractivity contribution in [2.24, 2.45) is 0 Å². The summed E-state index contributed by atoms with van der Waals surface area (Å²) in [4.78, 5) is 2.46. The maximum absolute atomic E-state index is 2.51. The Bertz CT molecular complexity index is 3410. The fourth-order valence-electron chi connectivity index (χ4n) is 9.85. The van der Waals surface area contributed by atoms with E-state index < -0.39 is 0 Å². The van der Waals surface area contributed by atoms with Crippen LogP contribution in [0, 0.1) is 0 Å². The molecule has 0 atom stereocenters. The first-order valence-electron chi connectivity index (χ1n) is 20.1. The summed E-state index contributed by atoms with van der Waals surface area (Å²) in [6, 6.07) is 71.7. The molecule has 9 aromatic carbocycles. The second kappa shape index (κ2) is 12.5. The topological polar surface area (TPSA) is 8.17 Å². The Balaban J connectivity index is 1.16. The number of hydrogen-bond acceptors (Lipinski definition) is 2. The first-order valence-corrected chi connectivity index (χ1v) is 20.9. The Kier molecular flexibility index (Phi) is 7.18. The van der Waals surface area contributed by atoms with E-state index in [4.69, 9.17) is 0 Å². The molecule has 2 nitrogen and oxygen atoms in total. The number of anilines is 3. The molecule has 11 aromatic rings. The SMILES string of the molecule is CC1(C)c2ccccc2-c2ccc(N(c3ccc(-c4ccccc4)cc3)c3ccc4c(c3)c3c5ccccc5c5sc6ccccc6c5c3n4-c3ccccc3)cc21. The quantitative estimate of drug-likeness (QED) is 0.170. The lowest BCUT2D eigenvalue weighted by Crippen LogP contribution is -2.16.